The molecule has 0 spiro atoms. The predicted octanol–water partition coefficient (Wildman–Crippen LogP) is -4.73. The van der Waals surface area contributed by atoms with Crippen LogP contribution in [0.25, 0.3) is 11.0 Å². The molecule has 0 unspecified atom stereocenters. The molecule has 2 aromatic rings. The van der Waals surface area contributed by atoms with E-state index in [-0.39, 0.29) is 22.5 Å². The smallest absolute Gasteiger partial charge is 0.276 e. The van der Waals surface area contributed by atoms with Crippen LogP contribution in [-0.2, 0) is 5.66 Å². The Labute approximate surface area is 127 Å². The molecule has 0 bridgehead atoms. The van der Waals surface area contributed by atoms with Crippen LogP contribution in [0.2, 0.25) is 0 Å². The Morgan fingerprint density at radius 3 is 2.52 bits per heavy atom. The van der Waals surface area contributed by atoms with E-state index in [1.54, 1.807) is 0 Å². The van der Waals surface area contributed by atoms with Gasteiger partial charge in [0.1, 0.15) is 11.0 Å². The summed E-state index contributed by atoms with van der Waals surface area (Å²) >= 11 is 0. The number of hydrogen-bond donors (Lipinski definition) is 10. The van der Waals surface area contributed by atoms with Crippen LogP contribution >= 0.6 is 0 Å². The van der Waals surface area contributed by atoms with Gasteiger partial charge in [0.05, 0.1) is 12.6 Å². The fraction of sp³-hybridized carbons (Fsp3) is 0.455. The van der Waals surface area contributed by atoms with E-state index in [4.69, 9.17) is 11.5 Å². The molecule has 2 aromatic heterocycles. The van der Waals surface area contributed by atoms with Crippen molar-refractivity contribution in [1.29, 1.82) is 0 Å². The highest BCUT2D eigenvalue weighted by Gasteiger charge is 2.71. The minimum Gasteiger partial charge on any atom is -0.395 e. The van der Waals surface area contributed by atoms with E-state index in [2.05, 4.69) is 20.3 Å². The molecule has 0 aromatic carbocycles. The van der Waals surface area contributed by atoms with Crippen molar-refractivity contribution < 1.29 is 25.5 Å². The second-order valence-corrected chi connectivity index (χ2v) is 5.46. The minimum atomic E-state index is -3.32. The normalized spacial score (nSPS) is 29.2. The van der Waals surface area contributed by atoms with E-state index in [1.165, 1.54) is 0 Å². The molecule has 3 heterocycles. The first-order valence-electron chi connectivity index (χ1n) is 6.50. The number of anilines is 1. The van der Waals surface area contributed by atoms with Gasteiger partial charge in [-0.2, -0.15) is 0 Å². The second-order valence-electron chi connectivity index (χ2n) is 5.46. The highest BCUT2D eigenvalue weighted by molar-refractivity contribution is 5.80. The average molecular weight is 328 g/mol. The number of fused-ring (bicyclic) bond motifs is 1. The standard InChI is InChI=1S/C11H16N6O6/c12-8-15-5-3(1-14-6(5)7(19)16-8)9(13)11(22,23)10(20,21)4(2-18)17-9/h1,4,14,17-18,20-23H,2,13H2,(H3,12,15,16,19)/t4-,9+/m1/s1. The summed E-state index contributed by atoms with van der Waals surface area (Å²) in [6.45, 7) is -0.854. The molecule has 3 rings (SSSR count). The Kier molecular flexibility index (Phi) is 3.08. The van der Waals surface area contributed by atoms with Gasteiger partial charge in [0, 0.05) is 11.8 Å². The van der Waals surface area contributed by atoms with E-state index >= 15 is 0 Å². The number of hydrogen-bond acceptors (Lipinski definition) is 10. The molecule has 2 atom stereocenters. The molecule has 12 N–H and O–H groups in total. The quantitative estimate of drug-likeness (QED) is 0.237. The van der Waals surface area contributed by atoms with E-state index in [0.717, 1.165) is 6.20 Å². The van der Waals surface area contributed by atoms with Crippen molar-refractivity contribution in [3.05, 3.63) is 22.1 Å². The molecule has 12 nitrogen and oxygen atoms in total. The van der Waals surface area contributed by atoms with E-state index in [1.807, 2.05) is 0 Å². The fourth-order valence-corrected chi connectivity index (χ4v) is 2.78. The lowest BCUT2D eigenvalue weighted by Crippen LogP contribution is -2.67. The summed E-state index contributed by atoms with van der Waals surface area (Å²) in [5.41, 5.74) is 8.13. The first kappa shape index (κ1) is 15.8. The Hall–Kier alpha value is -2.06. The van der Waals surface area contributed by atoms with E-state index < -0.39 is 35.4 Å². The molecule has 1 fully saturated rings. The number of aromatic amines is 2. The van der Waals surface area contributed by atoms with Gasteiger partial charge in [0.2, 0.25) is 11.7 Å². The number of aliphatic hydroxyl groups is 5. The molecule has 23 heavy (non-hydrogen) atoms. The van der Waals surface area contributed by atoms with Crippen LogP contribution in [0, 0.1) is 0 Å². The maximum absolute atomic E-state index is 11.8. The number of nitrogens with one attached hydrogen (secondary N) is 3. The minimum absolute atomic E-state index is 0.0504. The third-order valence-corrected chi connectivity index (χ3v) is 4.11. The maximum atomic E-state index is 11.8. The Bertz CT molecular complexity index is 828. The van der Waals surface area contributed by atoms with Crippen molar-refractivity contribution in [3.8, 4) is 0 Å². The summed E-state index contributed by atoms with van der Waals surface area (Å²) in [5.74, 6) is -6.74. The van der Waals surface area contributed by atoms with Gasteiger partial charge in [-0.25, -0.2) is 4.98 Å². The summed E-state index contributed by atoms with van der Waals surface area (Å²) in [5, 5.41) is 51.8. The van der Waals surface area contributed by atoms with Gasteiger partial charge < -0.3 is 42.0 Å². The van der Waals surface area contributed by atoms with Gasteiger partial charge in [-0.15, -0.1) is 0 Å². The maximum Gasteiger partial charge on any atom is 0.276 e. The predicted molar refractivity (Wildman–Crippen MR) is 75.3 cm³/mol. The lowest BCUT2D eigenvalue weighted by molar-refractivity contribution is -0.363. The zero-order chi connectivity index (χ0) is 17.2. The monoisotopic (exact) mass is 328 g/mol. The zero-order valence-electron chi connectivity index (χ0n) is 11.6. The van der Waals surface area contributed by atoms with Gasteiger partial charge in [-0.3, -0.25) is 15.1 Å². The van der Waals surface area contributed by atoms with Crippen LogP contribution in [0.5, 0.6) is 0 Å². The van der Waals surface area contributed by atoms with Gasteiger partial charge in [0.15, 0.2) is 5.66 Å². The zero-order valence-corrected chi connectivity index (χ0v) is 11.6. The first-order chi connectivity index (χ1) is 10.6. The van der Waals surface area contributed by atoms with Crippen molar-refractivity contribution in [2.75, 3.05) is 12.3 Å². The molecule has 0 aliphatic carbocycles. The number of H-pyrrole nitrogens is 2. The molecule has 1 aliphatic heterocycles. The van der Waals surface area contributed by atoms with Crippen LogP contribution in [0.3, 0.4) is 0 Å². The van der Waals surface area contributed by atoms with E-state index in [9.17, 15) is 30.3 Å². The molecule has 0 saturated carbocycles. The van der Waals surface area contributed by atoms with Crippen molar-refractivity contribution in [2.45, 2.75) is 23.3 Å². The van der Waals surface area contributed by atoms with Gasteiger partial charge in [-0.05, 0) is 0 Å². The van der Waals surface area contributed by atoms with Crippen LogP contribution in [0.4, 0.5) is 5.95 Å². The summed E-state index contributed by atoms with van der Waals surface area (Å²) in [6.07, 6.45) is 1.15. The summed E-state index contributed by atoms with van der Waals surface area (Å²) in [7, 11) is 0. The second kappa shape index (κ2) is 4.48. The fourth-order valence-electron chi connectivity index (χ4n) is 2.78. The van der Waals surface area contributed by atoms with Gasteiger partial charge >= 0.3 is 0 Å². The average Bonchev–Trinajstić information content (AvgIpc) is 2.92. The molecule has 1 aliphatic rings. The Balaban J connectivity index is 2.28. The van der Waals surface area contributed by atoms with Crippen LogP contribution in [0.1, 0.15) is 5.56 Å². The third kappa shape index (κ3) is 1.79. The van der Waals surface area contributed by atoms with Crippen molar-refractivity contribution >= 4 is 17.0 Å². The highest BCUT2D eigenvalue weighted by Crippen LogP contribution is 2.43. The molecular formula is C11H16N6O6. The highest BCUT2D eigenvalue weighted by atomic mass is 16.6. The van der Waals surface area contributed by atoms with E-state index in [0.29, 0.717) is 0 Å². The number of nitrogens with zero attached hydrogens (tertiary/aromatic N) is 1. The third-order valence-electron chi connectivity index (χ3n) is 4.11. The summed E-state index contributed by atoms with van der Waals surface area (Å²) < 4.78 is 0. The van der Waals surface area contributed by atoms with Crippen LogP contribution in [-0.4, -0.2) is 64.7 Å². The number of nitrogens with two attached hydrogens (primary N) is 2. The molecular weight excluding hydrogens is 312 g/mol. The lowest BCUT2D eigenvalue weighted by Gasteiger charge is -2.38. The number of rotatable bonds is 2. The molecule has 12 heteroatoms. The molecule has 0 radical (unpaired) electrons. The molecule has 1 saturated heterocycles. The van der Waals surface area contributed by atoms with Crippen molar-refractivity contribution in [1.82, 2.24) is 20.3 Å². The lowest BCUT2D eigenvalue weighted by atomic mass is 9.90. The van der Waals surface area contributed by atoms with Crippen molar-refractivity contribution in [2.24, 2.45) is 5.73 Å². The summed E-state index contributed by atoms with van der Waals surface area (Å²) in [4.78, 5) is 20.5. The van der Waals surface area contributed by atoms with Crippen LogP contribution < -0.4 is 22.3 Å². The SMILES string of the molecule is Nc1nc2c([C@]3(N)N[C@H](CO)C(O)(O)C3(O)O)c[nH]c2c(=O)[nH]1. The molecule has 0 amide bonds. The van der Waals surface area contributed by atoms with Gasteiger partial charge in [0.25, 0.3) is 11.3 Å². The number of nitrogen functional groups attached to an aromatic ring is 1. The molecule has 126 valence electrons. The summed E-state index contributed by atoms with van der Waals surface area (Å²) in [6, 6.07) is -1.58. The van der Waals surface area contributed by atoms with Crippen molar-refractivity contribution in [3.63, 3.8) is 0 Å². The number of aliphatic hydroxyl groups excluding tert-OH is 1. The number of aromatic nitrogens is 3. The first-order valence-corrected chi connectivity index (χ1v) is 6.50. The largest absolute Gasteiger partial charge is 0.395 e. The van der Waals surface area contributed by atoms with Crippen LogP contribution in [0.15, 0.2) is 11.0 Å². The Morgan fingerprint density at radius 1 is 1.30 bits per heavy atom. The van der Waals surface area contributed by atoms with Gasteiger partial charge in [-0.1, -0.05) is 0 Å². The topological polar surface area (TPSA) is 227 Å². The Morgan fingerprint density at radius 2 is 1.96 bits per heavy atom.